The number of aryl methyl sites for hydroxylation is 2. The SMILES string of the molecule is CN(CC1CCC(Oc2ncnc3sc4c(c23)C(CCc2ncco2)CC4)CC1)C(=O)OC(C)(C)C. The number of hydrogen-bond donors (Lipinski definition) is 0. The predicted octanol–water partition coefficient (Wildman–Crippen LogP) is 6.15. The molecule has 0 radical (unpaired) electrons. The molecular formula is C27H36N4O4S. The van der Waals surface area contributed by atoms with E-state index in [2.05, 4.69) is 15.0 Å². The Hall–Kier alpha value is -2.68. The van der Waals surface area contributed by atoms with Crippen molar-refractivity contribution in [1.82, 2.24) is 19.9 Å². The molecule has 0 saturated heterocycles. The number of carbonyl (C=O) groups excluding carboxylic acids is 1. The molecule has 2 aliphatic carbocycles. The Bertz CT molecular complexity index is 1180. The molecule has 8 nitrogen and oxygen atoms in total. The second-order valence-corrected chi connectivity index (χ2v) is 12.2. The van der Waals surface area contributed by atoms with Gasteiger partial charge in [-0.2, -0.15) is 0 Å². The van der Waals surface area contributed by atoms with Crippen LogP contribution < -0.4 is 4.74 Å². The van der Waals surface area contributed by atoms with Crippen LogP contribution in [0.25, 0.3) is 10.2 Å². The van der Waals surface area contributed by atoms with E-state index >= 15 is 0 Å². The van der Waals surface area contributed by atoms with Crippen molar-refractivity contribution in [3.05, 3.63) is 35.1 Å². The highest BCUT2D eigenvalue weighted by molar-refractivity contribution is 7.19. The van der Waals surface area contributed by atoms with Crippen molar-refractivity contribution in [3.63, 3.8) is 0 Å². The summed E-state index contributed by atoms with van der Waals surface area (Å²) < 4.78 is 17.5. The molecular weight excluding hydrogens is 476 g/mol. The van der Waals surface area contributed by atoms with Crippen molar-refractivity contribution in [3.8, 4) is 5.88 Å². The molecule has 3 aromatic heterocycles. The van der Waals surface area contributed by atoms with E-state index in [1.165, 1.54) is 10.4 Å². The van der Waals surface area contributed by atoms with Crippen molar-refractivity contribution in [2.24, 2.45) is 5.92 Å². The van der Waals surface area contributed by atoms with Crippen LogP contribution in [0.2, 0.25) is 0 Å². The lowest BCUT2D eigenvalue weighted by Gasteiger charge is -2.32. The molecule has 1 atom stereocenters. The molecule has 3 aromatic rings. The molecule has 0 N–H and O–H groups in total. The lowest BCUT2D eigenvalue weighted by Crippen LogP contribution is -2.38. The van der Waals surface area contributed by atoms with Crippen molar-refractivity contribution in [1.29, 1.82) is 0 Å². The highest BCUT2D eigenvalue weighted by Crippen LogP contribution is 2.47. The topological polar surface area (TPSA) is 90.6 Å². The van der Waals surface area contributed by atoms with Gasteiger partial charge in [-0.15, -0.1) is 11.3 Å². The summed E-state index contributed by atoms with van der Waals surface area (Å²) in [5.41, 5.74) is 0.903. The van der Waals surface area contributed by atoms with Gasteiger partial charge in [-0.3, -0.25) is 0 Å². The molecule has 0 aliphatic heterocycles. The van der Waals surface area contributed by atoms with E-state index < -0.39 is 5.60 Å². The van der Waals surface area contributed by atoms with E-state index in [0.29, 0.717) is 18.4 Å². The maximum Gasteiger partial charge on any atom is 0.410 e. The first-order valence-corrected chi connectivity index (χ1v) is 13.8. The van der Waals surface area contributed by atoms with Gasteiger partial charge in [-0.05, 0) is 83.1 Å². The van der Waals surface area contributed by atoms with Gasteiger partial charge in [0.15, 0.2) is 5.89 Å². The highest BCUT2D eigenvalue weighted by atomic mass is 32.1. The monoisotopic (exact) mass is 512 g/mol. The van der Waals surface area contributed by atoms with E-state index in [9.17, 15) is 4.79 Å². The van der Waals surface area contributed by atoms with Crippen LogP contribution >= 0.6 is 11.3 Å². The van der Waals surface area contributed by atoms with E-state index in [-0.39, 0.29) is 12.2 Å². The number of thiophene rings is 1. The van der Waals surface area contributed by atoms with Gasteiger partial charge in [0.25, 0.3) is 0 Å². The number of ether oxygens (including phenoxy) is 2. The summed E-state index contributed by atoms with van der Waals surface area (Å²) in [6.45, 7) is 6.40. The van der Waals surface area contributed by atoms with Crippen molar-refractivity contribution in [2.75, 3.05) is 13.6 Å². The molecule has 1 fully saturated rings. The predicted molar refractivity (Wildman–Crippen MR) is 139 cm³/mol. The highest BCUT2D eigenvalue weighted by Gasteiger charge is 2.32. The molecule has 1 saturated carbocycles. The van der Waals surface area contributed by atoms with Gasteiger partial charge in [0.05, 0.1) is 11.6 Å². The number of oxazole rings is 1. The quantitative estimate of drug-likeness (QED) is 0.375. The molecule has 0 aromatic carbocycles. The minimum Gasteiger partial charge on any atom is -0.474 e. The second kappa shape index (κ2) is 10.4. The molecule has 2 aliphatic rings. The number of hydrogen-bond acceptors (Lipinski definition) is 8. The lowest BCUT2D eigenvalue weighted by atomic mass is 9.87. The minimum absolute atomic E-state index is 0.133. The standard InChI is InChI=1S/C27H36N4O4S/c1-27(2,3)35-26(32)31(4)15-17-5-9-19(10-6-17)34-24-23-22-18(8-12-21-28-13-14-33-21)7-11-20(22)36-25(23)30-16-29-24/h13-14,16-19H,5-12,15H2,1-4H3. The first-order chi connectivity index (χ1) is 17.3. The van der Waals surface area contributed by atoms with Crippen LogP contribution in [0.3, 0.4) is 0 Å². The zero-order chi connectivity index (χ0) is 25.3. The van der Waals surface area contributed by atoms with Crippen molar-refractivity contribution >= 4 is 27.6 Å². The van der Waals surface area contributed by atoms with Gasteiger partial charge in [0, 0.05) is 24.9 Å². The van der Waals surface area contributed by atoms with E-state index in [1.807, 2.05) is 27.8 Å². The fourth-order valence-electron chi connectivity index (χ4n) is 5.48. The fourth-order valence-corrected chi connectivity index (χ4v) is 6.72. The zero-order valence-electron chi connectivity index (χ0n) is 21.7. The summed E-state index contributed by atoms with van der Waals surface area (Å²) >= 11 is 1.78. The second-order valence-electron chi connectivity index (χ2n) is 11.1. The smallest absolute Gasteiger partial charge is 0.410 e. The molecule has 1 amide bonds. The number of aromatic nitrogens is 3. The molecule has 0 bridgehead atoms. The van der Waals surface area contributed by atoms with Gasteiger partial charge in [-0.1, -0.05) is 0 Å². The summed E-state index contributed by atoms with van der Waals surface area (Å²) in [6.07, 6.45) is 12.9. The Morgan fingerprint density at radius 1 is 1.17 bits per heavy atom. The van der Waals surface area contributed by atoms with Crippen LogP contribution in [0.1, 0.15) is 81.5 Å². The number of carbonyl (C=O) groups is 1. The number of nitrogens with zero attached hydrogens (tertiary/aromatic N) is 4. The van der Waals surface area contributed by atoms with Gasteiger partial charge >= 0.3 is 6.09 Å². The van der Waals surface area contributed by atoms with Crippen molar-refractivity contribution < 1.29 is 18.7 Å². The van der Waals surface area contributed by atoms with Crippen LogP contribution in [0.15, 0.2) is 23.2 Å². The van der Waals surface area contributed by atoms with E-state index in [1.54, 1.807) is 35.0 Å². The third kappa shape index (κ3) is 5.66. The normalized spacial score (nSPS) is 21.9. The third-order valence-corrected chi connectivity index (χ3v) is 8.37. The summed E-state index contributed by atoms with van der Waals surface area (Å²) in [5.74, 6) is 2.44. The summed E-state index contributed by atoms with van der Waals surface area (Å²) in [6, 6.07) is 0. The average Bonchev–Trinajstić information content (AvgIpc) is 3.55. The number of amides is 1. The largest absolute Gasteiger partial charge is 0.474 e. The lowest BCUT2D eigenvalue weighted by molar-refractivity contribution is 0.0246. The summed E-state index contributed by atoms with van der Waals surface area (Å²) in [4.78, 5) is 29.9. The van der Waals surface area contributed by atoms with Gasteiger partial charge < -0.3 is 18.8 Å². The van der Waals surface area contributed by atoms with Crippen LogP contribution in [-0.4, -0.2) is 51.2 Å². The molecule has 1 unspecified atom stereocenters. The van der Waals surface area contributed by atoms with Crippen molar-refractivity contribution in [2.45, 2.75) is 89.8 Å². The number of fused-ring (bicyclic) bond motifs is 3. The molecule has 5 rings (SSSR count). The Balaban J connectivity index is 1.21. The van der Waals surface area contributed by atoms with Crippen LogP contribution in [-0.2, 0) is 17.6 Å². The van der Waals surface area contributed by atoms with Crippen LogP contribution in [0.5, 0.6) is 5.88 Å². The van der Waals surface area contributed by atoms with Crippen LogP contribution in [0, 0.1) is 5.92 Å². The Morgan fingerprint density at radius 3 is 2.69 bits per heavy atom. The molecule has 194 valence electrons. The molecule has 9 heteroatoms. The molecule has 0 spiro atoms. The van der Waals surface area contributed by atoms with Gasteiger partial charge in [0.2, 0.25) is 5.88 Å². The average molecular weight is 513 g/mol. The maximum atomic E-state index is 12.3. The maximum absolute atomic E-state index is 12.3. The molecule has 3 heterocycles. The summed E-state index contributed by atoms with van der Waals surface area (Å²) in [5, 5.41) is 1.11. The summed E-state index contributed by atoms with van der Waals surface area (Å²) in [7, 11) is 1.82. The Morgan fingerprint density at radius 2 is 1.97 bits per heavy atom. The van der Waals surface area contributed by atoms with E-state index in [4.69, 9.17) is 13.9 Å². The Labute approximate surface area is 216 Å². The zero-order valence-corrected chi connectivity index (χ0v) is 22.5. The van der Waals surface area contributed by atoms with Gasteiger partial charge in [-0.25, -0.2) is 19.7 Å². The van der Waals surface area contributed by atoms with Crippen LogP contribution in [0.4, 0.5) is 4.79 Å². The third-order valence-electron chi connectivity index (χ3n) is 7.19. The van der Waals surface area contributed by atoms with Gasteiger partial charge in [0.1, 0.15) is 29.1 Å². The first kappa shape index (κ1) is 25.0. The number of rotatable bonds is 7. The molecule has 36 heavy (non-hydrogen) atoms. The Kier molecular flexibility index (Phi) is 7.19. The van der Waals surface area contributed by atoms with E-state index in [0.717, 1.165) is 73.4 Å². The minimum atomic E-state index is -0.476. The first-order valence-electron chi connectivity index (χ1n) is 13.0. The fraction of sp³-hybridized carbons (Fsp3) is 0.630.